The molecule has 4 bridgehead atoms. The highest BCUT2D eigenvalue weighted by molar-refractivity contribution is 5.19. The third-order valence-corrected chi connectivity index (χ3v) is 5.16. The number of nitrogens with one attached hydrogen (secondary N) is 1. The first-order valence-electron chi connectivity index (χ1n) is 6.72. The highest BCUT2D eigenvalue weighted by Gasteiger charge is 2.55. The lowest BCUT2D eigenvalue weighted by atomic mass is 9.49. The van der Waals surface area contributed by atoms with Gasteiger partial charge in [-0.2, -0.15) is 0 Å². The molecule has 0 radical (unpaired) electrons. The number of hydrogen-bond acceptors (Lipinski definition) is 4. The van der Waals surface area contributed by atoms with Gasteiger partial charge in [0.1, 0.15) is 0 Å². The van der Waals surface area contributed by atoms with Crippen molar-refractivity contribution in [3.63, 3.8) is 0 Å². The predicted molar refractivity (Wildman–Crippen MR) is 62.9 cm³/mol. The predicted octanol–water partition coefficient (Wildman–Crippen LogP) is 2.18. The molecule has 6 heteroatoms. The van der Waals surface area contributed by atoms with Gasteiger partial charge >= 0.3 is 5.95 Å². The molecule has 4 saturated carbocycles. The first-order valence-corrected chi connectivity index (χ1v) is 6.72. The SMILES string of the molecule is O=[N+]([O-])c1nc(C23CC4CC(CC(C4)C2)C3)n[nH]1. The molecule has 4 aliphatic carbocycles. The zero-order valence-electron chi connectivity index (χ0n) is 10.1. The zero-order chi connectivity index (χ0) is 12.3. The van der Waals surface area contributed by atoms with E-state index in [1.54, 1.807) is 0 Å². The van der Waals surface area contributed by atoms with Gasteiger partial charge in [0.25, 0.3) is 0 Å². The number of aromatic amines is 1. The quantitative estimate of drug-likeness (QED) is 0.642. The van der Waals surface area contributed by atoms with Crippen LogP contribution in [0.5, 0.6) is 0 Å². The van der Waals surface area contributed by atoms with E-state index in [1.807, 2.05) is 0 Å². The van der Waals surface area contributed by atoms with Gasteiger partial charge in [-0.15, -0.1) is 5.10 Å². The molecule has 0 aromatic carbocycles. The summed E-state index contributed by atoms with van der Waals surface area (Å²) in [6, 6.07) is 0. The van der Waals surface area contributed by atoms with Crippen LogP contribution in [0.2, 0.25) is 0 Å². The van der Waals surface area contributed by atoms with Crippen LogP contribution in [0, 0.1) is 27.9 Å². The van der Waals surface area contributed by atoms with Crippen molar-refractivity contribution in [1.82, 2.24) is 15.2 Å². The van der Waals surface area contributed by atoms with Gasteiger partial charge in [0, 0.05) is 0 Å². The minimum absolute atomic E-state index is 0.0412. The lowest BCUT2D eigenvalue weighted by molar-refractivity contribution is -0.394. The van der Waals surface area contributed by atoms with E-state index in [0.717, 1.165) is 37.0 Å². The fraction of sp³-hybridized carbons (Fsp3) is 0.833. The van der Waals surface area contributed by atoms with Crippen LogP contribution in [0.1, 0.15) is 44.3 Å². The van der Waals surface area contributed by atoms with Crippen molar-refractivity contribution in [3.8, 4) is 0 Å². The van der Waals surface area contributed by atoms with Gasteiger partial charge in [0.2, 0.25) is 5.82 Å². The summed E-state index contributed by atoms with van der Waals surface area (Å²) >= 11 is 0. The smallest absolute Gasteiger partial charge is 0.390 e. The molecule has 18 heavy (non-hydrogen) atoms. The number of hydrogen-bond donors (Lipinski definition) is 1. The second kappa shape index (κ2) is 3.30. The molecular weight excluding hydrogens is 232 g/mol. The lowest BCUT2D eigenvalue weighted by Crippen LogP contribution is -2.49. The van der Waals surface area contributed by atoms with Crippen molar-refractivity contribution in [2.75, 3.05) is 0 Å². The molecule has 0 amide bonds. The van der Waals surface area contributed by atoms with E-state index in [0.29, 0.717) is 5.82 Å². The molecule has 4 fully saturated rings. The molecule has 0 saturated heterocycles. The fourth-order valence-electron chi connectivity index (χ4n) is 4.96. The lowest BCUT2D eigenvalue weighted by Gasteiger charge is -2.54. The Morgan fingerprint density at radius 1 is 1.17 bits per heavy atom. The molecular formula is C12H16N4O2. The Hall–Kier alpha value is -1.46. The Kier molecular flexibility index (Phi) is 1.92. The minimum atomic E-state index is -0.489. The van der Waals surface area contributed by atoms with Crippen LogP contribution in [0.15, 0.2) is 0 Å². The van der Waals surface area contributed by atoms with Crippen molar-refractivity contribution in [1.29, 1.82) is 0 Å². The van der Waals surface area contributed by atoms with E-state index >= 15 is 0 Å². The first kappa shape index (κ1) is 10.5. The molecule has 6 nitrogen and oxygen atoms in total. The molecule has 1 aromatic rings. The summed E-state index contributed by atoms with van der Waals surface area (Å²) in [6.45, 7) is 0. The van der Waals surface area contributed by atoms with Gasteiger partial charge < -0.3 is 10.1 Å². The highest BCUT2D eigenvalue weighted by Crippen LogP contribution is 2.60. The summed E-state index contributed by atoms with van der Waals surface area (Å²) in [7, 11) is 0. The molecule has 0 unspecified atom stereocenters. The Balaban J connectivity index is 1.72. The van der Waals surface area contributed by atoms with E-state index in [2.05, 4.69) is 15.2 Å². The maximum atomic E-state index is 10.7. The summed E-state index contributed by atoms with van der Waals surface area (Å²) in [5.41, 5.74) is 0.0412. The summed E-state index contributed by atoms with van der Waals surface area (Å²) < 4.78 is 0. The molecule has 0 spiro atoms. The largest absolute Gasteiger partial charge is 0.453 e. The van der Waals surface area contributed by atoms with Gasteiger partial charge in [0.15, 0.2) is 0 Å². The monoisotopic (exact) mass is 248 g/mol. The van der Waals surface area contributed by atoms with Crippen LogP contribution >= 0.6 is 0 Å². The maximum Gasteiger partial charge on any atom is 0.453 e. The zero-order valence-corrected chi connectivity index (χ0v) is 10.1. The molecule has 1 N–H and O–H groups in total. The van der Waals surface area contributed by atoms with Crippen LogP contribution in [0.25, 0.3) is 0 Å². The fourth-order valence-corrected chi connectivity index (χ4v) is 4.96. The molecule has 1 heterocycles. The minimum Gasteiger partial charge on any atom is -0.390 e. The summed E-state index contributed by atoms with van der Waals surface area (Å²) in [5.74, 6) is 2.89. The van der Waals surface area contributed by atoms with Crippen molar-refractivity contribution < 1.29 is 4.92 Å². The van der Waals surface area contributed by atoms with Crippen LogP contribution in [0.3, 0.4) is 0 Å². The van der Waals surface area contributed by atoms with Crippen LogP contribution < -0.4 is 0 Å². The van der Waals surface area contributed by atoms with Gasteiger partial charge in [-0.3, -0.25) is 0 Å². The van der Waals surface area contributed by atoms with Crippen LogP contribution in [-0.2, 0) is 5.41 Å². The van der Waals surface area contributed by atoms with Gasteiger partial charge in [0.05, 0.1) is 5.41 Å². The topological polar surface area (TPSA) is 84.7 Å². The van der Waals surface area contributed by atoms with Crippen molar-refractivity contribution in [3.05, 3.63) is 15.9 Å². The number of rotatable bonds is 2. The number of nitrogens with zero attached hydrogens (tertiary/aromatic N) is 3. The first-order chi connectivity index (χ1) is 8.64. The molecule has 1 aromatic heterocycles. The van der Waals surface area contributed by atoms with Crippen molar-refractivity contribution in [2.24, 2.45) is 17.8 Å². The van der Waals surface area contributed by atoms with Crippen molar-refractivity contribution in [2.45, 2.75) is 43.9 Å². The summed E-state index contributed by atoms with van der Waals surface area (Å²) in [5, 5.41) is 17.3. The molecule has 96 valence electrons. The third kappa shape index (κ3) is 1.34. The molecule has 4 aliphatic rings. The molecule has 0 aliphatic heterocycles. The van der Waals surface area contributed by atoms with Crippen LogP contribution in [0.4, 0.5) is 5.95 Å². The average molecular weight is 248 g/mol. The number of aromatic nitrogens is 3. The van der Waals surface area contributed by atoms with E-state index < -0.39 is 4.92 Å². The normalized spacial score (nSPS) is 41.2. The second-order valence-electron chi connectivity index (χ2n) is 6.44. The van der Waals surface area contributed by atoms with E-state index in [4.69, 9.17) is 0 Å². The van der Waals surface area contributed by atoms with Crippen molar-refractivity contribution >= 4 is 5.95 Å². The van der Waals surface area contributed by atoms with Gasteiger partial charge in [-0.05, 0) is 66.2 Å². The Bertz CT molecular complexity index is 475. The summed E-state index contributed by atoms with van der Waals surface area (Å²) in [4.78, 5) is 14.4. The Labute approximate surface area is 104 Å². The van der Waals surface area contributed by atoms with E-state index in [9.17, 15) is 10.1 Å². The van der Waals surface area contributed by atoms with E-state index in [1.165, 1.54) is 19.3 Å². The Morgan fingerprint density at radius 3 is 2.17 bits per heavy atom. The molecule has 5 rings (SSSR count). The van der Waals surface area contributed by atoms with Gasteiger partial charge in [-0.25, -0.2) is 0 Å². The average Bonchev–Trinajstić information content (AvgIpc) is 2.76. The third-order valence-electron chi connectivity index (χ3n) is 5.16. The second-order valence-corrected chi connectivity index (χ2v) is 6.44. The molecule has 0 atom stereocenters. The van der Waals surface area contributed by atoms with E-state index in [-0.39, 0.29) is 11.4 Å². The standard InChI is InChI=1S/C12H16N4O2/c17-16(18)11-13-10(14-15-11)12-4-7-1-8(5-12)3-9(2-7)6-12/h7-9H,1-6H2,(H,13,14,15). The maximum absolute atomic E-state index is 10.7. The Morgan fingerprint density at radius 2 is 1.72 bits per heavy atom. The summed E-state index contributed by atoms with van der Waals surface area (Å²) in [6.07, 6.45) is 7.46. The number of nitro groups is 1. The highest BCUT2D eigenvalue weighted by atomic mass is 16.6. The number of H-pyrrole nitrogens is 1. The van der Waals surface area contributed by atoms with Crippen LogP contribution in [-0.4, -0.2) is 20.1 Å². The van der Waals surface area contributed by atoms with Gasteiger partial charge in [-0.1, -0.05) is 5.10 Å².